The predicted molar refractivity (Wildman–Crippen MR) is 58.0 cm³/mol. The fourth-order valence-electron chi connectivity index (χ4n) is 2.11. The number of rotatable bonds is 2. The molecule has 1 heterocycles. The molecule has 0 radical (unpaired) electrons. The molecule has 0 aromatic rings. The van der Waals surface area contributed by atoms with Gasteiger partial charge in [0.15, 0.2) is 0 Å². The number of hydrogen-bond acceptors (Lipinski definition) is 2. The molecule has 1 atom stereocenters. The first-order valence-corrected chi connectivity index (χ1v) is 5.59. The average molecular weight is 184 g/mol. The van der Waals surface area contributed by atoms with Crippen molar-refractivity contribution in [3.8, 4) is 0 Å². The molecule has 78 valence electrons. The standard InChI is InChI=1S/C11H24N2/c1-5-12-6-7-13(10(2)3)9-11(4)8-12/h10-11H,5-9H2,1-4H3/t11-/m0/s1. The lowest BCUT2D eigenvalue weighted by Crippen LogP contribution is -2.35. The van der Waals surface area contributed by atoms with Gasteiger partial charge < -0.3 is 4.90 Å². The Hall–Kier alpha value is -0.0800. The summed E-state index contributed by atoms with van der Waals surface area (Å²) in [4.78, 5) is 5.16. The molecular weight excluding hydrogens is 160 g/mol. The van der Waals surface area contributed by atoms with Crippen LogP contribution in [0.15, 0.2) is 0 Å². The summed E-state index contributed by atoms with van der Waals surface area (Å²) < 4.78 is 0. The van der Waals surface area contributed by atoms with Crippen LogP contribution in [0.4, 0.5) is 0 Å². The van der Waals surface area contributed by atoms with E-state index in [2.05, 4.69) is 37.5 Å². The summed E-state index contributed by atoms with van der Waals surface area (Å²) in [5.41, 5.74) is 0. The van der Waals surface area contributed by atoms with Crippen LogP contribution in [0.25, 0.3) is 0 Å². The molecule has 1 aliphatic rings. The van der Waals surface area contributed by atoms with Gasteiger partial charge in [0.25, 0.3) is 0 Å². The van der Waals surface area contributed by atoms with Crippen molar-refractivity contribution >= 4 is 0 Å². The molecule has 0 aromatic heterocycles. The van der Waals surface area contributed by atoms with Gasteiger partial charge in [-0.1, -0.05) is 13.8 Å². The Labute approximate surface area is 82.9 Å². The molecule has 1 rings (SSSR count). The van der Waals surface area contributed by atoms with Crippen molar-refractivity contribution in [2.45, 2.75) is 33.7 Å². The van der Waals surface area contributed by atoms with Gasteiger partial charge in [0.1, 0.15) is 0 Å². The highest BCUT2D eigenvalue weighted by Gasteiger charge is 2.20. The van der Waals surface area contributed by atoms with E-state index in [9.17, 15) is 0 Å². The highest BCUT2D eigenvalue weighted by Crippen LogP contribution is 2.11. The van der Waals surface area contributed by atoms with Crippen LogP contribution in [0.5, 0.6) is 0 Å². The molecule has 0 N–H and O–H groups in total. The van der Waals surface area contributed by atoms with Crippen molar-refractivity contribution in [1.82, 2.24) is 9.80 Å². The first-order valence-electron chi connectivity index (χ1n) is 5.59. The highest BCUT2D eigenvalue weighted by molar-refractivity contribution is 4.75. The summed E-state index contributed by atoms with van der Waals surface area (Å²) >= 11 is 0. The predicted octanol–water partition coefficient (Wildman–Crippen LogP) is 1.67. The van der Waals surface area contributed by atoms with Crippen molar-refractivity contribution in [1.29, 1.82) is 0 Å². The summed E-state index contributed by atoms with van der Waals surface area (Å²) in [6, 6.07) is 0.708. The molecule has 0 unspecified atom stereocenters. The van der Waals surface area contributed by atoms with Gasteiger partial charge in [-0.25, -0.2) is 0 Å². The molecule has 1 aliphatic heterocycles. The van der Waals surface area contributed by atoms with E-state index in [1.807, 2.05) is 0 Å². The van der Waals surface area contributed by atoms with Gasteiger partial charge in [-0.05, 0) is 26.3 Å². The largest absolute Gasteiger partial charge is 0.302 e. The molecule has 0 spiro atoms. The van der Waals surface area contributed by atoms with Crippen molar-refractivity contribution < 1.29 is 0 Å². The molecule has 2 heteroatoms. The molecule has 0 aliphatic carbocycles. The number of likely N-dealkylation sites (N-methyl/N-ethyl adjacent to an activating group) is 1. The van der Waals surface area contributed by atoms with E-state index in [0.29, 0.717) is 6.04 Å². The molecule has 0 bridgehead atoms. The molecule has 0 aromatic carbocycles. The first kappa shape index (κ1) is 11.0. The third-order valence-corrected chi connectivity index (χ3v) is 3.00. The van der Waals surface area contributed by atoms with Crippen molar-refractivity contribution in [2.24, 2.45) is 5.92 Å². The Morgan fingerprint density at radius 1 is 1.23 bits per heavy atom. The summed E-state index contributed by atoms with van der Waals surface area (Å²) in [6.45, 7) is 15.5. The zero-order chi connectivity index (χ0) is 9.84. The molecule has 0 saturated carbocycles. The normalized spacial score (nSPS) is 27.9. The minimum absolute atomic E-state index is 0.708. The lowest BCUT2D eigenvalue weighted by Gasteiger charge is -2.25. The van der Waals surface area contributed by atoms with Crippen LogP contribution in [0.1, 0.15) is 27.7 Å². The summed E-state index contributed by atoms with van der Waals surface area (Å²) in [7, 11) is 0. The van der Waals surface area contributed by atoms with Crippen LogP contribution in [-0.2, 0) is 0 Å². The Morgan fingerprint density at radius 3 is 2.46 bits per heavy atom. The third-order valence-electron chi connectivity index (χ3n) is 3.00. The summed E-state index contributed by atoms with van der Waals surface area (Å²) in [6.07, 6.45) is 0. The van der Waals surface area contributed by atoms with E-state index in [4.69, 9.17) is 0 Å². The third kappa shape index (κ3) is 3.28. The summed E-state index contributed by atoms with van der Waals surface area (Å²) in [5.74, 6) is 0.824. The molecule has 1 saturated heterocycles. The molecule has 2 nitrogen and oxygen atoms in total. The van der Waals surface area contributed by atoms with Crippen LogP contribution in [0.2, 0.25) is 0 Å². The van der Waals surface area contributed by atoms with Gasteiger partial charge in [0.2, 0.25) is 0 Å². The van der Waals surface area contributed by atoms with E-state index < -0.39 is 0 Å². The maximum atomic E-state index is 2.60. The van der Waals surface area contributed by atoms with E-state index >= 15 is 0 Å². The maximum absolute atomic E-state index is 2.60. The average Bonchev–Trinajstić information content (AvgIpc) is 2.26. The Kier molecular flexibility index (Phi) is 4.20. The highest BCUT2D eigenvalue weighted by atomic mass is 15.2. The van der Waals surface area contributed by atoms with Crippen LogP contribution < -0.4 is 0 Å². The Balaban J connectivity index is 2.47. The van der Waals surface area contributed by atoms with E-state index in [-0.39, 0.29) is 0 Å². The summed E-state index contributed by atoms with van der Waals surface area (Å²) in [5, 5.41) is 0. The zero-order valence-corrected chi connectivity index (χ0v) is 9.58. The smallest absolute Gasteiger partial charge is 0.0112 e. The number of nitrogens with zero attached hydrogens (tertiary/aromatic N) is 2. The second-order valence-electron chi connectivity index (χ2n) is 4.59. The van der Waals surface area contributed by atoms with Gasteiger partial charge in [-0.2, -0.15) is 0 Å². The second kappa shape index (κ2) is 4.97. The lowest BCUT2D eigenvalue weighted by atomic mass is 10.1. The number of hydrogen-bond donors (Lipinski definition) is 0. The maximum Gasteiger partial charge on any atom is 0.0112 e. The van der Waals surface area contributed by atoms with E-state index in [0.717, 1.165) is 5.92 Å². The Bertz CT molecular complexity index is 145. The molecule has 0 amide bonds. The minimum Gasteiger partial charge on any atom is -0.302 e. The quantitative estimate of drug-likeness (QED) is 0.644. The molecule has 13 heavy (non-hydrogen) atoms. The van der Waals surface area contributed by atoms with Gasteiger partial charge in [0, 0.05) is 32.2 Å². The van der Waals surface area contributed by atoms with Gasteiger partial charge in [0.05, 0.1) is 0 Å². The van der Waals surface area contributed by atoms with E-state index in [1.165, 1.54) is 32.7 Å². The van der Waals surface area contributed by atoms with Crippen LogP contribution >= 0.6 is 0 Å². The van der Waals surface area contributed by atoms with Crippen molar-refractivity contribution in [3.63, 3.8) is 0 Å². The van der Waals surface area contributed by atoms with Crippen LogP contribution in [0, 0.1) is 5.92 Å². The fraction of sp³-hybridized carbons (Fsp3) is 1.00. The van der Waals surface area contributed by atoms with Gasteiger partial charge >= 0.3 is 0 Å². The van der Waals surface area contributed by atoms with Crippen molar-refractivity contribution in [2.75, 3.05) is 32.7 Å². The first-order chi connectivity index (χ1) is 6.13. The topological polar surface area (TPSA) is 6.48 Å². The van der Waals surface area contributed by atoms with Crippen LogP contribution in [0.3, 0.4) is 0 Å². The SMILES string of the molecule is CCN1CCN(C(C)C)C[C@@H](C)C1. The van der Waals surface area contributed by atoms with Gasteiger partial charge in [-0.15, -0.1) is 0 Å². The van der Waals surface area contributed by atoms with Crippen molar-refractivity contribution in [3.05, 3.63) is 0 Å². The van der Waals surface area contributed by atoms with Crippen LogP contribution in [-0.4, -0.2) is 48.6 Å². The monoisotopic (exact) mass is 184 g/mol. The Morgan fingerprint density at radius 2 is 1.92 bits per heavy atom. The minimum atomic E-state index is 0.708. The molecular formula is C11H24N2. The zero-order valence-electron chi connectivity index (χ0n) is 9.58. The second-order valence-corrected chi connectivity index (χ2v) is 4.59. The fourth-order valence-corrected chi connectivity index (χ4v) is 2.11. The molecule has 1 fully saturated rings. The van der Waals surface area contributed by atoms with Gasteiger partial charge in [-0.3, -0.25) is 4.90 Å². The lowest BCUT2D eigenvalue weighted by molar-refractivity contribution is 0.213. The van der Waals surface area contributed by atoms with E-state index in [1.54, 1.807) is 0 Å².